The lowest BCUT2D eigenvalue weighted by Gasteiger charge is -2.23. The van der Waals surface area contributed by atoms with E-state index in [2.05, 4.69) is 15.9 Å². The molecule has 0 bridgehead atoms. The zero-order valence-electron chi connectivity index (χ0n) is 15.5. The van der Waals surface area contributed by atoms with Crippen molar-refractivity contribution >= 4 is 33.5 Å². The van der Waals surface area contributed by atoms with Gasteiger partial charge in [-0.25, -0.2) is 4.79 Å². The summed E-state index contributed by atoms with van der Waals surface area (Å²) in [5, 5.41) is 0. The van der Waals surface area contributed by atoms with Crippen LogP contribution in [0, 0.1) is 0 Å². The molecule has 2 aromatic carbocycles. The van der Waals surface area contributed by atoms with Gasteiger partial charge in [0.2, 0.25) is 5.60 Å². The zero-order chi connectivity index (χ0) is 19.7. The first-order valence-corrected chi connectivity index (χ1v) is 10.0. The molecule has 0 radical (unpaired) electrons. The Bertz CT molecular complexity index is 956. The molecule has 2 heterocycles. The number of halogens is 1. The molecule has 6 heteroatoms. The molecule has 5 nitrogen and oxygen atoms in total. The summed E-state index contributed by atoms with van der Waals surface area (Å²) in [6, 6.07) is 15.7. The Balaban J connectivity index is 1.70. The molecule has 0 aliphatic carbocycles. The molecule has 0 saturated carbocycles. The fraction of sp³-hybridized carbons (Fsp3) is 0.273. The monoisotopic (exact) mass is 441 g/mol. The van der Waals surface area contributed by atoms with Crippen LogP contribution in [-0.4, -0.2) is 18.5 Å². The Labute approximate surface area is 172 Å². The molecule has 4 rings (SSSR count). The van der Waals surface area contributed by atoms with Crippen LogP contribution in [0.3, 0.4) is 0 Å². The van der Waals surface area contributed by atoms with Crippen molar-refractivity contribution in [1.82, 2.24) is 0 Å². The van der Waals surface area contributed by atoms with Crippen LogP contribution in [-0.2, 0) is 31.2 Å². The highest BCUT2D eigenvalue weighted by molar-refractivity contribution is 9.10. The minimum absolute atomic E-state index is 0.100. The topological polar surface area (TPSA) is 55.8 Å². The van der Waals surface area contributed by atoms with E-state index in [1.807, 2.05) is 48.5 Å². The number of amides is 1. The molecular weight excluding hydrogens is 422 g/mol. The van der Waals surface area contributed by atoms with Crippen LogP contribution in [0.25, 0.3) is 0 Å². The first kappa shape index (κ1) is 18.7. The van der Waals surface area contributed by atoms with Gasteiger partial charge in [-0.3, -0.25) is 4.79 Å². The number of nitrogens with zero attached hydrogens (tertiary/aromatic N) is 1. The number of ether oxygens (including phenoxy) is 2. The van der Waals surface area contributed by atoms with Gasteiger partial charge in [-0.15, -0.1) is 0 Å². The molecule has 1 fully saturated rings. The summed E-state index contributed by atoms with van der Waals surface area (Å²) in [7, 11) is 0. The fourth-order valence-electron chi connectivity index (χ4n) is 3.81. The van der Waals surface area contributed by atoms with E-state index in [-0.39, 0.29) is 5.91 Å². The third-order valence-corrected chi connectivity index (χ3v) is 5.55. The molecule has 2 aliphatic heterocycles. The molecule has 2 aromatic rings. The SMILES string of the molecule is CCOC(=O)/C=C1\CC[C@]2(O1)C(=O)N(Cc1ccccc1)c1ccc(Br)cc12. The van der Waals surface area contributed by atoms with Gasteiger partial charge < -0.3 is 14.4 Å². The third-order valence-electron chi connectivity index (χ3n) is 5.05. The summed E-state index contributed by atoms with van der Waals surface area (Å²) in [6.07, 6.45) is 2.35. The van der Waals surface area contributed by atoms with E-state index < -0.39 is 11.6 Å². The molecule has 0 unspecified atom stereocenters. The Morgan fingerprint density at radius 3 is 2.82 bits per heavy atom. The van der Waals surface area contributed by atoms with E-state index in [4.69, 9.17) is 9.47 Å². The fourth-order valence-corrected chi connectivity index (χ4v) is 4.18. The van der Waals surface area contributed by atoms with Crippen molar-refractivity contribution in [2.45, 2.75) is 31.9 Å². The summed E-state index contributed by atoms with van der Waals surface area (Å²) < 4.78 is 12.0. The lowest BCUT2D eigenvalue weighted by atomic mass is 9.92. The minimum atomic E-state index is -1.09. The second kappa shape index (κ2) is 7.43. The third kappa shape index (κ3) is 3.22. The molecule has 28 heavy (non-hydrogen) atoms. The smallest absolute Gasteiger partial charge is 0.334 e. The van der Waals surface area contributed by atoms with E-state index in [0.717, 1.165) is 21.3 Å². The highest BCUT2D eigenvalue weighted by atomic mass is 79.9. The summed E-state index contributed by atoms with van der Waals surface area (Å²) in [6.45, 7) is 2.52. The first-order chi connectivity index (χ1) is 13.5. The number of hydrogen-bond acceptors (Lipinski definition) is 4. The van der Waals surface area contributed by atoms with E-state index >= 15 is 0 Å². The van der Waals surface area contributed by atoms with Gasteiger partial charge in [-0.2, -0.15) is 0 Å². The number of fused-ring (bicyclic) bond motifs is 2. The molecular formula is C22H20BrNO4. The number of hydrogen-bond donors (Lipinski definition) is 0. The van der Waals surface area contributed by atoms with Crippen molar-refractivity contribution < 1.29 is 19.1 Å². The van der Waals surface area contributed by atoms with Gasteiger partial charge in [0, 0.05) is 22.9 Å². The van der Waals surface area contributed by atoms with Crippen molar-refractivity contribution in [2.24, 2.45) is 0 Å². The van der Waals surface area contributed by atoms with Crippen molar-refractivity contribution in [3.05, 3.63) is 76.0 Å². The number of benzene rings is 2. The number of carbonyl (C=O) groups excluding carboxylic acids is 2. The number of carbonyl (C=O) groups is 2. The quantitative estimate of drug-likeness (QED) is 0.519. The summed E-state index contributed by atoms with van der Waals surface area (Å²) in [5.74, 6) is -0.0633. The van der Waals surface area contributed by atoms with E-state index in [1.165, 1.54) is 6.08 Å². The lowest BCUT2D eigenvalue weighted by Crippen LogP contribution is -2.39. The zero-order valence-corrected chi connectivity index (χ0v) is 17.1. The maximum Gasteiger partial charge on any atom is 0.334 e. The standard InChI is InChI=1S/C22H20BrNO4/c1-2-27-20(25)13-17-10-11-22(28-17)18-12-16(23)8-9-19(18)24(21(22)26)14-15-6-4-3-5-7-15/h3-9,12-13H,2,10-11,14H2,1H3/b17-13+/t22-/m1/s1. The van der Waals surface area contributed by atoms with Crippen LogP contribution in [0.2, 0.25) is 0 Å². The lowest BCUT2D eigenvalue weighted by molar-refractivity contribution is -0.139. The maximum absolute atomic E-state index is 13.5. The van der Waals surface area contributed by atoms with Crippen molar-refractivity contribution in [1.29, 1.82) is 0 Å². The van der Waals surface area contributed by atoms with Gasteiger partial charge in [-0.1, -0.05) is 46.3 Å². The van der Waals surface area contributed by atoms with Gasteiger partial charge in [-0.05, 0) is 30.7 Å². The van der Waals surface area contributed by atoms with Crippen molar-refractivity contribution in [3.63, 3.8) is 0 Å². The Kier molecular flexibility index (Phi) is 4.98. The molecule has 1 amide bonds. The number of anilines is 1. The molecule has 144 valence electrons. The highest BCUT2D eigenvalue weighted by Gasteiger charge is 2.56. The Hall–Kier alpha value is -2.60. The van der Waals surface area contributed by atoms with Crippen LogP contribution >= 0.6 is 15.9 Å². The van der Waals surface area contributed by atoms with Gasteiger partial charge in [0.25, 0.3) is 5.91 Å². The Morgan fingerprint density at radius 2 is 2.07 bits per heavy atom. The average molecular weight is 442 g/mol. The normalized spacial score (nSPS) is 21.9. The Morgan fingerprint density at radius 1 is 1.29 bits per heavy atom. The molecule has 1 atom stereocenters. The van der Waals surface area contributed by atoms with Crippen LogP contribution in [0.4, 0.5) is 5.69 Å². The van der Waals surface area contributed by atoms with E-state index in [9.17, 15) is 9.59 Å². The van der Waals surface area contributed by atoms with Gasteiger partial charge in [0.05, 0.1) is 24.9 Å². The molecule has 0 N–H and O–H groups in total. The number of esters is 1. The van der Waals surface area contributed by atoms with Gasteiger partial charge in [0.1, 0.15) is 5.76 Å². The van der Waals surface area contributed by atoms with Crippen molar-refractivity contribution in [2.75, 3.05) is 11.5 Å². The van der Waals surface area contributed by atoms with Crippen LogP contribution in [0.15, 0.2) is 64.8 Å². The molecule has 1 saturated heterocycles. The maximum atomic E-state index is 13.5. The van der Waals surface area contributed by atoms with E-state index in [0.29, 0.717) is 31.8 Å². The number of rotatable bonds is 4. The largest absolute Gasteiger partial charge is 0.477 e. The van der Waals surface area contributed by atoms with Gasteiger partial charge >= 0.3 is 5.97 Å². The minimum Gasteiger partial charge on any atom is -0.477 e. The van der Waals surface area contributed by atoms with Crippen molar-refractivity contribution in [3.8, 4) is 0 Å². The van der Waals surface area contributed by atoms with Crippen LogP contribution < -0.4 is 4.90 Å². The summed E-state index contributed by atoms with van der Waals surface area (Å²) in [4.78, 5) is 27.1. The number of allylic oxidation sites excluding steroid dienone is 1. The van der Waals surface area contributed by atoms with Gasteiger partial charge in [0.15, 0.2) is 0 Å². The molecule has 1 spiro atoms. The van der Waals surface area contributed by atoms with E-state index in [1.54, 1.807) is 11.8 Å². The highest BCUT2D eigenvalue weighted by Crippen LogP contribution is 2.52. The first-order valence-electron chi connectivity index (χ1n) is 9.26. The predicted octanol–water partition coefficient (Wildman–Crippen LogP) is 4.45. The summed E-state index contributed by atoms with van der Waals surface area (Å²) >= 11 is 3.50. The second-order valence-electron chi connectivity index (χ2n) is 6.83. The summed E-state index contributed by atoms with van der Waals surface area (Å²) in [5.41, 5.74) is 1.62. The molecule has 2 aliphatic rings. The second-order valence-corrected chi connectivity index (χ2v) is 7.75. The average Bonchev–Trinajstić information content (AvgIpc) is 3.19. The predicted molar refractivity (Wildman–Crippen MR) is 108 cm³/mol. The van der Waals surface area contributed by atoms with Crippen LogP contribution in [0.5, 0.6) is 0 Å². The molecule has 0 aromatic heterocycles. The van der Waals surface area contributed by atoms with Crippen LogP contribution in [0.1, 0.15) is 30.9 Å².